The summed E-state index contributed by atoms with van der Waals surface area (Å²) >= 11 is 0. The van der Waals surface area contributed by atoms with Crippen LogP contribution < -0.4 is 5.73 Å². The lowest BCUT2D eigenvalue weighted by Crippen LogP contribution is -2.32. The van der Waals surface area contributed by atoms with Gasteiger partial charge >= 0.3 is 5.97 Å². The van der Waals surface area contributed by atoms with Crippen LogP contribution in [-0.4, -0.2) is 22.9 Å². The highest BCUT2D eigenvalue weighted by molar-refractivity contribution is 5.96. The molecule has 0 saturated carbocycles. The molecule has 0 fully saturated rings. The van der Waals surface area contributed by atoms with Crippen LogP contribution >= 0.6 is 0 Å². The van der Waals surface area contributed by atoms with Gasteiger partial charge in [0.1, 0.15) is 11.8 Å². The molecule has 0 spiro atoms. The normalized spacial score (nSPS) is 12.4. The number of rotatable bonds is 5. The second-order valence-corrected chi connectivity index (χ2v) is 3.19. The standard InChI is InChI=1S/C10H13NO4/c1-2-6-3-4-9(15-6)8(12)5-7(11)10(13)14/h3-4,7H,2,5,11H2,1H3,(H,13,14)/t7-/m0/s1. The maximum Gasteiger partial charge on any atom is 0.320 e. The van der Waals surface area contributed by atoms with Gasteiger partial charge in [-0.15, -0.1) is 0 Å². The first kappa shape index (κ1) is 11.5. The van der Waals surface area contributed by atoms with E-state index >= 15 is 0 Å². The summed E-state index contributed by atoms with van der Waals surface area (Å²) < 4.78 is 5.18. The van der Waals surface area contributed by atoms with E-state index in [4.69, 9.17) is 15.3 Å². The van der Waals surface area contributed by atoms with Crippen molar-refractivity contribution in [3.63, 3.8) is 0 Å². The number of ketones is 1. The summed E-state index contributed by atoms with van der Waals surface area (Å²) in [5.74, 6) is -0.707. The second kappa shape index (κ2) is 4.75. The van der Waals surface area contributed by atoms with Gasteiger partial charge in [0.05, 0.1) is 0 Å². The fraction of sp³-hybridized carbons (Fsp3) is 0.400. The topological polar surface area (TPSA) is 93.5 Å². The minimum Gasteiger partial charge on any atom is -0.480 e. The molecule has 0 aliphatic heterocycles. The van der Waals surface area contributed by atoms with Gasteiger partial charge in [0.15, 0.2) is 11.5 Å². The zero-order chi connectivity index (χ0) is 11.4. The fourth-order valence-electron chi connectivity index (χ4n) is 1.11. The Kier molecular flexibility index (Phi) is 3.62. The Labute approximate surface area is 86.9 Å². The number of carboxylic acid groups (broad SMARTS) is 1. The number of nitrogens with two attached hydrogens (primary N) is 1. The summed E-state index contributed by atoms with van der Waals surface area (Å²) in [4.78, 5) is 21.9. The molecule has 1 rings (SSSR count). The van der Waals surface area contributed by atoms with Gasteiger partial charge < -0.3 is 15.3 Å². The number of aryl methyl sites for hydroxylation is 1. The highest BCUT2D eigenvalue weighted by Crippen LogP contribution is 2.11. The Morgan fingerprint density at radius 3 is 2.67 bits per heavy atom. The van der Waals surface area contributed by atoms with Crippen LogP contribution in [0.2, 0.25) is 0 Å². The molecule has 3 N–H and O–H groups in total. The van der Waals surface area contributed by atoms with Crippen LogP contribution in [0, 0.1) is 0 Å². The van der Waals surface area contributed by atoms with E-state index in [2.05, 4.69) is 0 Å². The lowest BCUT2D eigenvalue weighted by molar-refractivity contribution is -0.138. The number of aliphatic carboxylic acids is 1. The molecule has 0 aliphatic carbocycles. The summed E-state index contributed by atoms with van der Waals surface area (Å²) in [6.07, 6.45) is 0.449. The van der Waals surface area contributed by atoms with Gasteiger partial charge in [-0.3, -0.25) is 9.59 Å². The summed E-state index contributed by atoms with van der Waals surface area (Å²) in [5.41, 5.74) is 5.23. The van der Waals surface area contributed by atoms with Crippen LogP contribution in [0.25, 0.3) is 0 Å². The van der Waals surface area contributed by atoms with Crippen molar-refractivity contribution in [3.8, 4) is 0 Å². The van der Waals surface area contributed by atoms with Crippen molar-refractivity contribution in [2.45, 2.75) is 25.8 Å². The van der Waals surface area contributed by atoms with E-state index in [1.54, 1.807) is 6.07 Å². The maximum atomic E-state index is 11.5. The lowest BCUT2D eigenvalue weighted by Gasteiger charge is -2.02. The molecule has 0 unspecified atom stereocenters. The zero-order valence-corrected chi connectivity index (χ0v) is 8.40. The first-order valence-corrected chi connectivity index (χ1v) is 4.65. The van der Waals surface area contributed by atoms with Gasteiger partial charge in [-0.2, -0.15) is 0 Å². The highest BCUT2D eigenvalue weighted by Gasteiger charge is 2.19. The molecule has 1 heterocycles. The van der Waals surface area contributed by atoms with Crippen LogP contribution in [0.4, 0.5) is 0 Å². The number of carbonyl (C=O) groups excluding carboxylic acids is 1. The molecule has 0 radical (unpaired) electrons. The van der Waals surface area contributed by atoms with Gasteiger partial charge in [-0.1, -0.05) is 6.92 Å². The van der Waals surface area contributed by atoms with Crippen molar-refractivity contribution < 1.29 is 19.1 Å². The molecule has 0 saturated heterocycles. The van der Waals surface area contributed by atoms with Gasteiger partial charge in [0.25, 0.3) is 0 Å². The first-order chi connectivity index (χ1) is 7.04. The Morgan fingerprint density at radius 2 is 2.20 bits per heavy atom. The quantitative estimate of drug-likeness (QED) is 0.703. The predicted molar refractivity (Wildman–Crippen MR) is 52.6 cm³/mol. The van der Waals surface area contributed by atoms with Crippen LogP contribution in [0.5, 0.6) is 0 Å². The van der Waals surface area contributed by atoms with Gasteiger partial charge in [-0.05, 0) is 12.1 Å². The molecular weight excluding hydrogens is 198 g/mol. The van der Waals surface area contributed by atoms with E-state index in [0.29, 0.717) is 12.2 Å². The summed E-state index contributed by atoms with van der Waals surface area (Å²) in [5, 5.41) is 8.52. The molecule has 5 heteroatoms. The number of carbonyl (C=O) groups is 2. The van der Waals surface area contributed by atoms with Gasteiger partial charge in [0.2, 0.25) is 0 Å². The Balaban J connectivity index is 2.65. The number of carboxylic acids is 1. The van der Waals surface area contributed by atoms with Crippen molar-refractivity contribution in [1.82, 2.24) is 0 Å². The van der Waals surface area contributed by atoms with E-state index in [9.17, 15) is 9.59 Å². The van der Waals surface area contributed by atoms with Crippen molar-refractivity contribution in [2.24, 2.45) is 5.73 Å². The molecular formula is C10H13NO4. The largest absolute Gasteiger partial charge is 0.480 e. The van der Waals surface area contributed by atoms with E-state index in [-0.39, 0.29) is 18.0 Å². The monoisotopic (exact) mass is 211 g/mol. The van der Waals surface area contributed by atoms with Crippen LogP contribution in [0.3, 0.4) is 0 Å². The third-order valence-electron chi connectivity index (χ3n) is 2.01. The molecule has 82 valence electrons. The third kappa shape index (κ3) is 2.92. The zero-order valence-electron chi connectivity index (χ0n) is 8.40. The van der Waals surface area contributed by atoms with E-state index in [1.165, 1.54) is 6.07 Å². The van der Waals surface area contributed by atoms with Gasteiger partial charge in [0, 0.05) is 12.8 Å². The smallest absolute Gasteiger partial charge is 0.320 e. The number of hydrogen-bond acceptors (Lipinski definition) is 4. The first-order valence-electron chi connectivity index (χ1n) is 4.65. The fourth-order valence-corrected chi connectivity index (χ4v) is 1.11. The molecule has 0 bridgehead atoms. The Morgan fingerprint density at radius 1 is 1.53 bits per heavy atom. The predicted octanol–water partition coefficient (Wildman–Crippen LogP) is 0.827. The maximum absolute atomic E-state index is 11.5. The molecule has 1 aromatic heterocycles. The van der Waals surface area contributed by atoms with Gasteiger partial charge in [-0.25, -0.2) is 0 Å². The van der Waals surface area contributed by atoms with Crippen LogP contribution in [0.15, 0.2) is 16.5 Å². The third-order valence-corrected chi connectivity index (χ3v) is 2.01. The average Bonchev–Trinajstić information content (AvgIpc) is 2.65. The highest BCUT2D eigenvalue weighted by atomic mass is 16.4. The van der Waals surface area contributed by atoms with E-state index in [1.807, 2.05) is 6.92 Å². The molecule has 0 aromatic carbocycles. The molecule has 5 nitrogen and oxygen atoms in total. The molecule has 1 atom stereocenters. The molecule has 0 amide bonds. The Bertz CT molecular complexity index is 369. The lowest BCUT2D eigenvalue weighted by atomic mass is 10.1. The minimum absolute atomic E-state index is 0.170. The summed E-state index contributed by atoms with van der Waals surface area (Å²) in [6.45, 7) is 1.90. The van der Waals surface area contributed by atoms with E-state index in [0.717, 1.165) is 0 Å². The second-order valence-electron chi connectivity index (χ2n) is 3.19. The number of furan rings is 1. The van der Waals surface area contributed by atoms with Crippen molar-refractivity contribution in [3.05, 3.63) is 23.7 Å². The van der Waals surface area contributed by atoms with E-state index < -0.39 is 12.0 Å². The number of Topliss-reactive ketones (excluding diaryl/α,β-unsaturated/α-hetero) is 1. The van der Waals surface area contributed by atoms with Crippen molar-refractivity contribution >= 4 is 11.8 Å². The molecule has 0 aliphatic rings. The van der Waals surface area contributed by atoms with Crippen LogP contribution in [0.1, 0.15) is 29.7 Å². The number of hydrogen-bond donors (Lipinski definition) is 2. The summed E-state index contributed by atoms with van der Waals surface area (Å²) in [6, 6.07) is 2.06. The molecule has 1 aromatic rings. The molecule has 15 heavy (non-hydrogen) atoms. The SMILES string of the molecule is CCc1ccc(C(=O)C[C@H](N)C(=O)O)o1. The summed E-state index contributed by atoms with van der Waals surface area (Å²) in [7, 11) is 0. The van der Waals surface area contributed by atoms with Crippen molar-refractivity contribution in [2.75, 3.05) is 0 Å². The van der Waals surface area contributed by atoms with Crippen LogP contribution in [-0.2, 0) is 11.2 Å². The minimum atomic E-state index is -1.19. The Hall–Kier alpha value is -1.62. The average molecular weight is 211 g/mol. The van der Waals surface area contributed by atoms with Crippen molar-refractivity contribution in [1.29, 1.82) is 0 Å².